The van der Waals surface area contributed by atoms with E-state index in [9.17, 15) is 23.1 Å². The number of nitrogens with one attached hydrogen (secondary N) is 2. The van der Waals surface area contributed by atoms with E-state index in [2.05, 4.69) is 5.32 Å². The minimum absolute atomic E-state index is 0.126. The van der Waals surface area contributed by atoms with Gasteiger partial charge in [0.1, 0.15) is 12.6 Å². The van der Waals surface area contributed by atoms with E-state index in [0.29, 0.717) is 27.4 Å². The number of aliphatic carboxylic acids is 1. The highest BCUT2D eigenvalue weighted by Crippen LogP contribution is 2.38. The van der Waals surface area contributed by atoms with Gasteiger partial charge in [-0.3, -0.25) is 5.41 Å². The van der Waals surface area contributed by atoms with Crippen LogP contribution in [-0.2, 0) is 32.6 Å². The van der Waals surface area contributed by atoms with Crippen molar-refractivity contribution in [3.05, 3.63) is 88.0 Å². The number of hydrogen-bond donors (Lipinski definition) is 4. The second-order valence-corrected chi connectivity index (χ2v) is 11.9. The minimum Gasteiger partial charge on any atom is -0.480 e. The second-order valence-electron chi connectivity index (χ2n) is 10.2. The topological polar surface area (TPSA) is 163 Å². The lowest BCUT2D eigenvalue weighted by molar-refractivity contribution is -0.141. The van der Waals surface area contributed by atoms with Crippen LogP contribution in [0.25, 0.3) is 11.1 Å². The predicted molar refractivity (Wildman–Crippen MR) is 155 cm³/mol. The Bertz CT molecular complexity index is 1600. The molecule has 0 aromatic heterocycles. The van der Waals surface area contributed by atoms with Crippen molar-refractivity contribution < 1.29 is 27.9 Å². The van der Waals surface area contributed by atoms with E-state index >= 15 is 0 Å². The first-order valence-corrected chi connectivity index (χ1v) is 14.6. The molecule has 11 heteroatoms. The molecule has 1 aliphatic carbocycles. The highest BCUT2D eigenvalue weighted by atomic mass is 32.2. The van der Waals surface area contributed by atoms with Crippen LogP contribution in [0.3, 0.4) is 0 Å². The lowest BCUT2D eigenvalue weighted by Gasteiger charge is -2.29. The summed E-state index contributed by atoms with van der Waals surface area (Å²) in [5, 5.41) is 20.0. The zero-order valence-corrected chi connectivity index (χ0v) is 24.0. The molecule has 10 nitrogen and oxygen atoms in total. The number of nitrogens with two attached hydrogens (primary N) is 1. The summed E-state index contributed by atoms with van der Waals surface area (Å²) < 4.78 is 34.0. The molecule has 0 spiro atoms. The maximum Gasteiger partial charge on any atom is 0.425 e. The number of amides is 1. The van der Waals surface area contributed by atoms with Crippen LogP contribution in [0.4, 0.5) is 4.79 Å². The third-order valence-electron chi connectivity index (χ3n) is 7.14. The molecule has 0 bridgehead atoms. The first kappa shape index (κ1) is 29.6. The number of carboxylic acid groups (broad SMARTS) is 1. The van der Waals surface area contributed by atoms with Gasteiger partial charge in [0, 0.05) is 6.54 Å². The fourth-order valence-electron chi connectivity index (χ4n) is 5.49. The number of carbonyl (C=O) groups excluding carboxylic acids is 1. The maximum absolute atomic E-state index is 14.1. The average Bonchev–Trinajstić information content (AvgIpc) is 3.27. The van der Waals surface area contributed by atoms with Crippen molar-refractivity contribution in [3.63, 3.8) is 0 Å². The van der Waals surface area contributed by atoms with Gasteiger partial charge >= 0.3 is 12.1 Å². The van der Waals surface area contributed by atoms with Gasteiger partial charge in [0.05, 0.1) is 4.90 Å². The number of hydrogen-bond acceptors (Lipinski definition) is 6. The quantitative estimate of drug-likeness (QED) is 0.123. The molecular weight excluding hydrogens is 544 g/mol. The molecule has 0 radical (unpaired) electrons. The summed E-state index contributed by atoms with van der Waals surface area (Å²) in [7, 11) is -4.65. The largest absolute Gasteiger partial charge is 0.480 e. The van der Waals surface area contributed by atoms with Gasteiger partial charge in [0.25, 0.3) is 10.0 Å². The molecule has 0 saturated heterocycles. The number of sulfonamides is 1. The Labute approximate surface area is 239 Å². The highest BCUT2D eigenvalue weighted by molar-refractivity contribution is 7.89. The minimum atomic E-state index is -4.65. The standard InChI is InChI=1S/C30H34N4O6S/c1-18-14-19(2)27(20(3)15-18)41(38,39)34(26(28(35)36)12-7-13-33-29(31)32)30(37)40-17-22-9-6-11-24-23-10-5-4-8-21(23)16-25(22)24/h4-6,8-11,14-15,26H,7,12-13,16-17H2,1-3H3,(H,35,36)(H4,31,32,33). The van der Waals surface area contributed by atoms with Gasteiger partial charge in [0.2, 0.25) is 0 Å². The molecule has 0 saturated carbocycles. The lowest BCUT2D eigenvalue weighted by Crippen LogP contribution is -2.49. The molecule has 1 unspecified atom stereocenters. The van der Waals surface area contributed by atoms with Crippen LogP contribution in [0.15, 0.2) is 59.5 Å². The number of carbonyl (C=O) groups is 2. The number of aryl methyl sites for hydroxylation is 3. The Morgan fingerprint density at radius 2 is 1.73 bits per heavy atom. The molecule has 1 atom stereocenters. The summed E-state index contributed by atoms with van der Waals surface area (Å²) >= 11 is 0. The van der Waals surface area contributed by atoms with Gasteiger partial charge in [-0.15, -0.1) is 0 Å². The van der Waals surface area contributed by atoms with Gasteiger partial charge in [-0.25, -0.2) is 18.0 Å². The van der Waals surface area contributed by atoms with E-state index in [-0.39, 0.29) is 36.8 Å². The molecule has 0 aliphatic heterocycles. The molecule has 0 heterocycles. The summed E-state index contributed by atoms with van der Waals surface area (Å²) in [5.41, 5.74) is 11.9. The Kier molecular flexibility index (Phi) is 8.67. The van der Waals surface area contributed by atoms with Gasteiger partial charge < -0.3 is 20.9 Å². The molecule has 1 aliphatic rings. The van der Waals surface area contributed by atoms with E-state index < -0.39 is 28.1 Å². The van der Waals surface area contributed by atoms with Crippen molar-refractivity contribution in [1.29, 1.82) is 5.41 Å². The van der Waals surface area contributed by atoms with Crippen LogP contribution in [0.5, 0.6) is 0 Å². The molecule has 41 heavy (non-hydrogen) atoms. The summed E-state index contributed by atoms with van der Waals surface area (Å²) in [4.78, 5) is 25.9. The second kappa shape index (κ2) is 12.0. The summed E-state index contributed by atoms with van der Waals surface area (Å²) in [6.45, 7) is 4.93. The first-order valence-electron chi connectivity index (χ1n) is 13.2. The number of rotatable bonds is 10. The summed E-state index contributed by atoms with van der Waals surface area (Å²) in [6, 6.07) is 15.2. The maximum atomic E-state index is 14.1. The van der Waals surface area contributed by atoms with Crippen LogP contribution >= 0.6 is 0 Å². The predicted octanol–water partition coefficient (Wildman–Crippen LogP) is 4.23. The molecule has 0 fully saturated rings. The van der Waals surface area contributed by atoms with E-state index in [0.717, 1.165) is 27.8 Å². The van der Waals surface area contributed by atoms with Gasteiger partial charge in [0.15, 0.2) is 5.96 Å². The van der Waals surface area contributed by atoms with Crippen LogP contribution in [-0.4, -0.2) is 48.4 Å². The third-order valence-corrected chi connectivity index (χ3v) is 9.22. The van der Waals surface area contributed by atoms with Crippen LogP contribution in [0, 0.1) is 26.2 Å². The number of carboxylic acids is 1. The van der Waals surface area contributed by atoms with Crippen molar-refractivity contribution in [1.82, 2.24) is 9.62 Å². The smallest absolute Gasteiger partial charge is 0.425 e. The zero-order chi connectivity index (χ0) is 29.9. The van der Waals surface area contributed by atoms with Gasteiger partial charge in [-0.05, 0) is 79.0 Å². The van der Waals surface area contributed by atoms with E-state index in [1.54, 1.807) is 26.0 Å². The number of nitrogens with zero attached hydrogens (tertiary/aromatic N) is 1. The molecule has 216 valence electrons. The fraction of sp³-hybridized carbons (Fsp3) is 0.300. The Hall–Kier alpha value is -4.38. The molecule has 5 N–H and O–H groups in total. The monoisotopic (exact) mass is 578 g/mol. The molecule has 3 aromatic rings. The molecular formula is C30H34N4O6S. The van der Waals surface area contributed by atoms with Crippen LogP contribution < -0.4 is 11.1 Å². The Balaban J connectivity index is 1.67. The normalized spacial score (nSPS) is 12.7. The number of benzene rings is 3. The first-order chi connectivity index (χ1) is 19.4. The Morgan fingerprint density at radius 3 is 2.39 bits per heavy atom. The Morgan fingerprint density at radius 1 is 1.07 bits per heavy atom. The summed E-state index contributed by atoms with van der Waals surface area (Å²) in [5.74, 6) is -1.80. The van der Waals surface area contributed by atoms with Crippen LogP contribution in [0.2, 0.25) is 0 Å². The van der Waals surface area contributed by atoms with E-state index in [4.69, 9.17) is 15.9 Å². The summed E-state index contributed by atoms with van der Waals surface area (Å²) in [6.07, 6.45) is -0.718. The molecule has 1 amide bonds. The van der Waals surface area contributed by atoms with Crippen molar-refractivity contribution in [2.45, 2.75) is 57.6 Å². The van der Waals surface area contributed by atoms with E-state index in [1.165, 1.54) is 0 Å². The molecule has 4 rings (SSSR count). The van der Waals surface area contributed by atoms with Crippen LogP contribution in [0.1, 0.15) is 46.2 Å². The zero-order valence-electron chi connectivity index (χ0n) is 23.2. The van der Waals surface area contributed by atoms with Crippen molar-refractivity contribution in [3.8, 4) is 11.1 Å². The van der Waals surface area contributed by atoms with E-state index in [1.807, 2.05) is 49.4 Å². The number of guanidine groups is 1. The third kappa shape index (κ3) is 6.19. The van der Waals surface area contributed by atoms with Crippen molar-refractivity contribution in [2.24, 2.45) is 5.73 Å². The van der Waals surface area contributed by atoms with Gasteiger partial charge in [-0.2, -0.15) is 4.31 Å². The van der Waals surface area contributed by atoms with Crippen molar-refractivity contribution >= 4 is 28.0 Å². The molecule has 3 aromatic carbocycles. The highest BCUT2D eigenvalue weighted by Gasteiger charge is 2.42. The number of ether oxygens (including phenoxy) is 1. The van der Waals surface area contributed by atoms with Crippen molar-refractivity contribution in [2.75, 3.05) is 6.54 Å². The lowest BCUT2D eigenvalue weighted by atomic mass is 10.0. The van der Waals surface area contributed by atoms with Gasteiger partial charge in [-0.1, -0.05) is 60.2 Å². The average molecular weight is 579 g/mol. The SMILES string of the molecule is Cc1cc(C)c(S(=O)(=O)N(C(=O)OCc2cccc3c2Cc2ccccc2-3)C(CCCNC(=N)N)C(=O)O)c(C)c1. The number of fused-ring (bicyclic) bond motifs is 3. The fourth-order valence-corrected chi connectivity index (χ4v) is 7.39.